The topological polar surface area (TPSA) is 72.7 Å². The summed E-state index contributed by atoms with van der Waals surface area (Å²) in [5.74, 6) is 0.350. The molecule has 0 bridgehead atoms. The molecule has 90 valence electrons. The van der Waals surface area contributed by atoms with E-state index in [1.54, 1.807) is 0 Å². The lowest BCUT2D eigenvalue weighted by atomic mass is 10.2. The normalized spacial score (nSPS) is 14.2. The van der Waals surface area contributed by atoms with E-state index in [1.165, 1.54) is 23.1 Å². The van der Waals surface area contributed by atoms with Gasteiger partial charge in [0.25, 0.3) is 11.6 Å². The number of hydrogen-bond donors (Lipinski definition) is 0. The van der Waals surface area contributed by atoms with E-state index in [9.17, 15) is 14.9 Å². The number of nitrogens with zero attached hydrogens (tertiary/aromatic N) is 2. The Morgan fingerprint density at radius 2 is 2.29 bits per heavy atom. The van der Waals surface area contributed by atoms with Crippen LogP contribution in [0, 0.1) is 10.1 Å². The van der Waals surface area contributed by atoms with Gasteiger partial charge >= 0.3 is 0 Å². The van der Waals surface area contributed by atoms with E-state index in [-0.39, 0.29) is 18.2 Å². The first kappa shape index (κ1) is 11.4. The first-order valence-electron chi connectivity index (χ1n) is 5.35. The lowest BCUT2D eigenvalue weighted by Crippen LogP contribution is -2.39. The van der Waals surface area contributed by atoms with Crippen LogP contribution in [0.3, 0.4) is 0 Å². The molecule has 1 aromatic rings. The van der Waals surface area contributed by atoms with Crippen LogP contribution in [-0.2, 0) is 4.79 Å². The number of benzene rings is 1. The highest BCUT2D eigenvalue weighted by Gasteiger charge is 2.26. The minimum absolute atomic E-state index is 0.00912. The average Bonchev–Trinajstić information content (AvgIpc) is 2.32. The second kappa shape index (κ2) is 4.40. The van der Waals surface area contributed by atoms with Crippen molar-refractivity contribution in [3.8, 4) is 5.75 Å². The van der Waals surface area contributed by atoms with Crippen molar-refractivity contribution in [1.29, 1.82) is 0 Å². The van der Waals surface area contributed by atoms with Crippen LogP contribution in [0.5, 0.6) is 5.75 Å². The highest BCUT2D eigenvalue weighted by atomic mass is 16.6. The zero-order chi connectivity index (χ0) is 12.4. The Morgan fingerprint density at radius 1 is 1.53 bits per heavy atom. The summed E-state index contributed by atoms with van der Waals surface area (Å²) in [6.45, 7) is 2.47. The first-order chi connectivity index (χ1) is 8.13. The van der Waals surface area contributed by atoms with Crippen molar-refractivity contribution in [1.82, 2.24) is 0 Å². The predicted octanol–water partition coefficient (Wildman–Crippen LogP) is 1.73. The van der Waals surface area contributed by atoms with Crippen LogP contribution in [0.4, 0.5) is 11.4 Å². The number of hydrogen-bond acceptors (Lipinski definition) is 4. The first-order valence-corrected chi connectivity index (χ1v) is 5.35. The summed E-state index contributed by atoms with van der Waals surface area (Å²) in [7, 11) is 0. The molecule has 1 amide bonds. The molecular formula is C11H12N2O4. The number of carbonyl (C=O) groups is 1. The van der Waals surface area contributed by atoms with Gasteiger partial charge in [0.15, 0.2) is 6.61 Å². The van der Waals surface area contributed by atoms with Crippen LogP contribution < -0.4 is 9.64 Å². The van der Waals surface area contributed by atoms with E-state index in [4.69, 9.17) is 4.74 Å². The molecular weight excluding hydrogens is 224 g/mol. The van der Waals surface area contributed by atoms with Crippen LogP contribution in [0.25, 0.3) is 0 Å². The maximum atomic E-state index is 11.7. The SMILES string of the molecule is CCCN1C(=O)COc2ccc([N+](=O)[O-])cc21. The quantitative estimate of drug-likeness (QED) is 0.591. The fourth-order valence-corrected chi connectivity index (χ4v) is 1.77. The van der Waals surface area contributed by atoms with Gasteiger partial charge in [0.05, 0.1) is 10.6 Å². The Hall–Kier alpha value is -2.11. The minimum atomic E-state index is -0.483. The van der Waals surface area contributed by atoms with Crippen LogP contribution in [0.15, 0.2) is 18.2 Å². The average molecular weight is 236 g/mol. The third-order valence-electron chi connectivity index (χ3n) is 2.54. The number of rotatable bonds is 3. The van der Waals surface area contributed by atoms with E-state index >= 15 is 0 Å². The Balaban J connectivity index is 2.44. The molecule has 0 spiro atoms. The van der Waals surface area contributed by atoms with Crippen LogP contribution in [-0.4, -0.2) is 24.0 Å². The van der Waals surface area contributed by atoms with Gasteiger partial charge in [-0.25, -0.2) is 0 Å². The number of amides is 1. The summed E-state index contributed by atoms with van der Waals surface area (Å²) in [4.78, 5) is 23.4. The van der Waals surface area contributed by atoms with Crippen molar-refractivity contribution < 1.29 is 14.5 Å². The maximum absolute atomic E-state index is 11.7. The predicted molar refractivity (Wildman–Crippen MR) is 61.2 cm³/mol. The molecule has 0 fully saturated rings. The second-order valence-electron chi connectivity index (χ2n) is 3.74. The van der Waals surface area contributed by atoms with Crippen molar-refractivity contribution in [2.75, 3.05) is 18.1 Å². The molecule has 1 aliphatic heterocycles. The Kier molecular flexibility index (Phi) is 2.95. The highest BCUT2D eigenvalue weighted by Crippen LogP contribution is 2.35. The monoisotopic (exact) mass is 236 g/mol. The van der Waals surface area contributed by atoms with Gasteiger partial charge in [-0.1, -0.05) is 6.92 Å². The zero-order valence-corrected chi connectivity index (χ0v) is 9.38. The lowest BCUT2D eigenvalue weighted by molar-refractivity contribution is -0.384. The fourth-order valence-electron chi connectivity index (χ4n) is 1.77. The minimum Gasteiger partial charge on any atom is -0.482 e. The van der Waals surface area contributed by atoms with Crippen molar-refractivity contribution in [2.45, 2.75) is 13.3 Å². The van der Waals surface area contributed by atoms with Gasteiger partial charge in [0.1, 0.15) is 5.75 Å². The number of anilines is 1. The van der Waals surface area contributed by atoms with Gasteiger partial charge in [-0.2, -0.15) is 0 Å². The molecule has 0 radical (unpaired) electrons. The molecule has 2 rings (SSSR count). The van der Waals surface area contributed by atoms with E-state index in [0.29, 0.717) is 18.0 Å². The van der Waals surface area contributed by atoms with Crippen LogP contribution in [0.2, 0.25) is 0 Å². The summed E-state index contributed by atoms with van der Waals surface area (Å²) in [5.41, 5.74) is 0.445. The fraction of sp³-hybridized carbons (Fsp3) is 0.364. The summed E-state index contributed by atoms with van der Waals surface area (Å²) < 4.78 is 5.23. The summed E-state index contributed by atoms with van der Waals surface area (Å²) in [5, 5.41) is 10.7. The van der Waals surface area contributed by atoms with E-state index in [1.807, 2.05) is 6.92 Å². The molecule has 0 N–H and O–H groups in total. The molecule has 1 aliphatic rings. The summed E-state index contributed by atoms with van der Waals surface area (Å²) in [6.07, 6.45) is 0.786. The molecule has 0 unspecified atom stereocenters. The smallest absolute Gasteiger partial charge is 0.271 e. The summed E-state index contributed by atoms with van der Waals surface area (Å²) in [6, 6.07) is 4.28. The molecule has 6 heteroatoms. The van der Waals surface area contributed by atoms with Gasteiger partial charge < -0.3 is 9.64 Å². The van der Waals surface area contributed by atoms with Gasteiger partial charge in [-0.05, 0) is 12.5 Å². The van der Waals surface area contributed by atoms with Gasteiger partial charge in [-0.3, -0.25) is 14.9 Å². The zero-order valence-electron chi connectivity index (χ0n) is 9.38. The molecule has 1 aromatic carbocycles. The van der Waals surface area contributed by atoms with Crippen molar-refractivity contribution in [3.05, 3.63) is 28.3 Å². The highest BCUT2D eigenvalue weighted by molar-refractivity contribution is 5.98. The van der Waals surface area contributed by atoms with Crippen molar-refractivity contribution in [3.63, 3.8) is 0 Å². The Labute approximate surface area is 97.9 Å². The lowest BCUT2D eigenvalue weighted by Gasteiger charge is -2.28. The summed E-state index contributed by atoms with van der Waals surface area (Å²) >= 11 is 0. The van der Waals surface area contributed by atoms with Gasteiger partial charge in [0, 0.05) is 18.7 Å². The molecule has 0 saturated carbocycles. The van der Waals surface area contributed by atoms with E-state index in [2.05, 4.69) is 0 Å². The molecule has 0 saturated heterocycles. The van der Waals surface area contributed by atoms with Gasteiger partial charge in [-0.15, -0.1) is 0 Å². The number of nitro benzene ring substituents is 1. The van der Waals surface area contributed by atoms with Crippen LogP contribution >= 0.6 is 0 Å². The Morgan fingerprint density at radius 3 is 2.94 bits per heavy atom. The van der Waals surface area contributed by atoms with Crippen LogP contribution in [0.1, 0.15) is 13.3 Å². The Bertz CT molecular complexity index is 473. The standard InChI is InChI=1S/C11H12N2O4/c1-2-5-12-9-6-8(13(15)16)3-4-10(9)17-7-11(12)14/h3-4,6H,2,5,7H2,1H3. The third kappa shape index (κ3) is 2.06. The number of fused-ring (bicyclic) bond motifs is 1. The molecule has 6 nitrogen and oxygen atoms in total. The van der Waals surface area contributed by atoms with Crippen molar-refractivity contribution >= 4 is 17.3 Å². The third-order valence-corrected chi connectivity index (χ3v) is 2.54. The number of nitro groups is 1. The number of ether oxygens (including phenoxy) is 1. The van der Waals surface area contributed by atoms with E-state index < -0.39 is 4.92 Å². The molecule has 1 heterocycles. The van der Waals surface area contributed by atoms with Gasteiger partial charge in [0.2, 0.25) is 0 Å². The number of carbonyl (C=O) groups excluding carboxylic acids is 1. The molecule has 0 aliphatic carbocycles. The second-order valence-corrected chi connectivity index (χ2v) is 3.74. The van der Waals surface area contributed by atoms with Crippen molar-refractivity contribution in [2.24, 2.45) is 0 Å². The molecule has 0 atom stereocenters. The largest absolute Gasteiger partial charge is 0.482 e. The molecule has 17 heavy (non-hydrogen) atoms. The molecule has 0 aromatic heterocycles. The number of non-ortho nitro benzene ring substituents is 1. The maximum Gasteiger partial charge on any atom is 0.271 e. The van der Waals surface area contributed by atoms with E-state index in [0.717, 1.165) is 6.42 Å².